The molecule has 1 unspecified atom stereocenters. The highest BCUT2D eigenvalue weighted by molar-refractivity contribution is 5.59. The van der Waals surface area contributed by atoms with Gasteiger partial charge in [0.25, 0.3) is 0 Å². The molecule has 142 valence electrons. The fourth-order valence-corrected chi connectivity index (χ4v) is 2.50. The molecule has 0 saturated heterocycles. The highest BCUT2D eigenvalue weighted by atomic mass is 16.5. The number of aromatic nitrogens is 2. The Morgan fingerprint density at radius 3 is 2.31 bits per heavy atom. The average molecular weight is 357 g/mol. The van der Waals surface area contributed by atoms with Crippen molar-refractivity contribution >= 4 is 0 Å². The molecule has 1 atom stereocenters. The predicted octanol–water partition coefficient (Wildman–Crippen LogP) is 5.92. The fourth-order valence-electron chi connectivity index (χ4n) is 2.50. The second kappa shape index (κ2) is 11.5. The molecule has 4 nitrogen and oxygen atoms in total. The van der Waals surface area contributed by atoms with Crippen LogP contribution in [0.3, 0.4) is 0 Å². The maximum absolute atomic E-state index is 5.79. The zero-order valence-electron chi connectivity index (χ0n) is 16.4. The van der Waals surface area contributed by atoms with Gasteiger partial charge in [-0.2, -0.15) is 0 Å². The average Bonchev–Trinajstić information content (AvgIpc) is 2.69. The van der Waals surface area contributed by atoms with Crippen LogP contribution in [-0.2, 0) is 0 Å². The van der Waals surface area contributed by atoms with Gasteiger partial charge in [-0.3, -0.25) is 0 Å². The fraction of sp³-hybridized carbons (Fsp3) is 0.545. The third kappa shape index (κ3) is 7.03. The van der Waals surface area contributed by atoms with E-state index in [2.05, 4.69) is 30.7 Å². The molecular formula is C22H32N2O2. The van der Waals surface area contributed by atoms with Crippen LogP contribution in [0.1, 0.15) is 59.3 Å². The summed E-state index contributed by atoms with van der Waals surface area (Å²) < 4.78 is 11.5. The minimum absolute atomic E-state index is 0.569. The highest BCUT2D eigenvalue weighted by Crippen LogP contribution is 2.21. The molecule has 4 heteroatoms. The molecule has 0 spiro atoms. The van der Waals surface area contributed by atoms with Crippen molar-refractivity contribution in [2.24, 2.45) is 5.92 Å². The summed E-state index contributed by atoms with van der Waals surface area (Å²) in [5, 5.41) is 0. The quantitative estimate of drug-likeness (QED) is 0.443. The predicted molar refractivity (Wildman–Crippen MR) is 107 cm³/mol. The molecule has 0 amide bonds. The largest absolute Gasteiger partial charge is 0.493 e. The van der Waals surface area contributed by atoms with Crippen molar-refractivity contribution in [3.63, 3.8) is 0 Å². The van der Waals surface area contributed by atoms with Crippen LogP contribution in [0.25, 0.3) is 11.3 Å². The second-order valence-electron chi connectivity index (χ2n) is 6.85. The zero-order valence-corrected chi connectivity index (χ0v) is 16.4. The topological polar surface area (TPSA) is 44.2 Å². The summed E-state index contributed by atoms with van der Waals surface area (Å²) in [7, 11) is 0. The Kier molecular flexibility index (Phi) is 8.94. The van der Waals surface area contributed by atoms with E-state index in [1.165, 1.54) is 25.7 Å². The third-order valence-corrected chi connectivity index (χ3v) is 4.51. The lowest BCUT2D eigenvalue weighted by atomic mass is 10.1. The molecule has 1 heterocycles. The lowest BCUT2D eigenvalue weighted by molar-refractivity contribution is 0.256. The molecule has 1 aromatic carbocycles. The first-order valence-corrected chi connectivity index (χ1v) is 9.91. The van der Waals surface area contributed by atoms with Gasteiger partial charge in [-0.05, 0) is 36.6 Å². The molecule has 0 aliphatic carbocycles. The van der Waals surface area contributed by atoms with Gasteiger partial charge in [-0.1, -0.05) is 52.9 Å². The molecule has 0 fully saturated rings. The van der Waals surface area contributed by atoms with E-state index in [-0.39, 0.29) is 0 Å². The zero-order chi connectivity index (χ0) is 18.6. The standard InChI is InChI=1S/C22H32N2O2/c1-4-6-7-8-9-14-25-22-16-23-21(15-24-22)19-10-12-20(13-11-19)26-17-18(3)5-2/h10-13,15-16,18H,4-9,14,17H2,1-3H3. The Morgan fingerprint density at radius 2 is 1.65 bits per heavy atom. The summed E-state index contributed by atoms with van der Waals surface area (Å²) in [5.74, 6) is 2.06. The molecular weight excluding hydrogens is 324 g/mol. The Balaban J connectivity index is 1.80. The molecule has 0 N–H and O–H groups in total. The lowest BCUT2D eigenvalue weighted by Crippen LogP contribution is -2.07. The van der Waals surface area contributed by atoms with Gasteiger partial charge in [0.1, 0.15) is 5.75 Å². The van der Waals surface area contributed by atoms with Crippen molar-refractivity contribution in [1.29, 1.82) is 0 Å². The van der Waals surface area contributed by atoms with Crippen molar-refractivity contribution in [2.45, 2.75) is 59.3 Å². The maximum Gasteiger partial charge on any atom is 0.232 e. The lowest BCUT2D eigenvalue weighted by Gasteiger charge is -2.11. The molecule has 0 aliphatic rings. The normalized spacial score (nSPS) is 12.0. The van der Waals surface area contributed by atoms with Crippen molar-refractivity contribution in [3.05, 3.63) is 36.7 Å². The van der Waals surface area contributed by atoms with Crippen molar-refractivity contribution in [2.75, 3.05) is 13.2 Å². The van der Waals surface area contributed by atoms with Crippen LogP contribution in [0.5, 0.6) is 11.6 Å². The first-order valence-electron chi connectivity index (χ1n) is 9.91. The van der Waals surface area contributed by atoms with Crippen LogP contribution in [0.15, 0.2) is 36.7 Å². The molecule has 2 aromatic rings. The van der Waals surface area contributed by atoms with E-state index in [0.717, 1.165) is 36.5 Å². The van der Waals surface area contributed by atoms with E-state index in [0.29, 0.717) is 18.4 Å². The van der Waals surface area contributed by atoms with E-state index in [1.807, 2.05) is 24.3 Å². The second-order valence-corrected chi connectivity index (χ2v) is 6.85. The van der Waals surface area contributed by atoms with Crippen molar-refractivity contribution in [3.8, 4) is 22.9 Å². The molecule has 1 aromatic heterocycles. The summed E-state index contributed by atoms with van der Waals surface area (Å²) >= 11 is 0. The first kappa shape index (κ1) is 20.2. The number of unbranched alkanes of at least 4 members (excludes halogenated alkanes) is 4. The number of hydrogen-bond donors (Lipinski definition) is 0. The van der Waals surface area contributed by atoms with E-state index in [9.17, 15) is 0 Å². The number of rotatable bonds is 12. The van der Waals surface area contributed by atoms with Gasteiger partial charge in [0, 0.05) is 5.56 Å². The van der Waals surface area contributed by atoms with E-state index in [4.69, 9.17) is 9.47 Å². The SMILES string of the molecule is CCCCCCCOc1cnc(-c2ccc(OCC(C)CC)cc2)cn1. The van der Waals surface area contributed by atoms with E-state index < -0.39 is 0 Å². The van der Waals surface area contributed by atoms with E-state index >= 15 is 0 Å². The third-order valence-electron chi connectivity index (χ3n) is 4.51. The number of ether oxygens (including phenoxy) is 2. The van der Waals surface area contributed by atoms with Crippen LogP contribution in [-0.4, -0.2) is 23.2 Å². The molecule has 2 rings (SSSR count). The Labute approximate surface area is 158 Å². The van der Waals surface area contributed by atoms with Gasteiger partial charge in [-0.25, -0.2) is 9.97 Å². The summed E-state index contributed by atoms with van der Waals surface area (Å²) in [4.78, 5) is 8.83. The van der Waals surface area contributed by atoms with Gasteiger partial charge < -0.3 is 9.47 Å². The maximum atomic E-state index is 5.79. The van der Waals surface area contributed by atoms with Crippen molar-refractivity contribution < 1.29 is 9.47 Å². The smallest absolute Gasteiger partial charge is 0.232 e. The summed E-state index contributed by atoms with van der Waals surface area (Å²) in [5.41, 5.74) is 1.87. The van der Waals surface area contributed by atoms with Gasteiger partial charge >= 0.3 is 0 Å². The highest BCUT2D eigenvalue weighted by Gasteiger charge is 2.04. The Hall–Kier alpha value is -2.10. The van der Waals surface area contributed by atoms with Crippen LogP contribution in [0.4, 0.5) is 0 Å². The first-order chi connectivity index (χ1) is 12.7. The van der Waals surface area contributed by atoms with Crippen LogP contribution < -0.4 is 9.47 Å². The number of benzene rings is 1. The molecule has 26 heavy (non-hydrogen) atoms. The minimum atomic E-state index is 0.569. The Bertz CT molecular complexity index is 611. The molecule has 0 radical (unpaired) electrons. The number of nitrogens with zero attached hydrogens (tertiary/aromatic N) is 2. The molecule has 0 bridgehead atoms. The summed E-state index contributed by atoms with van der Waals surface area (Å²) in [6, 6.07) is 8.01. The number of hydrogen-bond acceptors (Lipinski definition) is 4. The summed E-state index contributed by atoms with van der Waals surface area (Å²) in [6.07, 6.45) is 10.7. The van der Waals surface area contributed by atoms with Crippen molar-refractivity contribution in [1.82, 2.24) is 9.97 Å². The Morgan fingerprint density at radius 1 is 0.885 bits per heavy atom. The van der Waals surface area contributed by atoms with Gasteiger partial charge in [0.05, 0.1) is 31.3 Å². The molecule has 0 aliphatic heterocycles. The minimum Gasteiger partial charge on any atom is -0.493 e. The van der Waals surface area contributed by atoms with Gasteiger partial charge in [-0.15, -0.1) is 0 Å². The van der Waals surface area contributed by atoms with Crippen LogP contribution >= 0.6 is 0 Å². The van der Waals surface area contributed by atoms with Crippen LogP contribution in [0, 0.1) is 5.92 Å². The summed E-state index contributed by atoms with van der Waals surface area (Å²) in [6.45, 7) is 8.05. The van der Waals surface area contributed by atoms with Crippen LogP contribution in [0.2, 0.25) is 0 Å². The van der Waals surface area contributed by atoms with Gasteiger partial charge in [0.15, 0.2) is 0 Å². The van der Waals surface area contributed by atoms with E-state index in [1.54, 1.807) is 12.4 Å². The molecule has 0 saturated carbocycles. The monoisotopic (exact) mass is 356 g/mol. The van der Waals surface area contributed by atoms with Gasteiger partial charge in [0.2, 0.25) is 5.88 Å².